The van der Waals surface area contributed by atoms with Crippen molar-refractivity contribution < 1.29 is 9.53 Å². The Morgan fingerprint density at radius 1 is 1.40 bits per heavy atom. The summed E-state index contributed by atoms with van der Waals surface area (Å²) in [5.41, 5.74) is 1.02. The lowest BCUT2D eigenvalue weighted by Gasteiger charge is -1.98. The largest absolute Gasteiger partial charge is 0.427 e. The highest BCUT2D eigenvalue weighted by molar-refractivity contribution is 9.10. The van der Waals surface area contributed by atoms with Gasteiger partial charge in [0.2, 0.25) is 0 Å². The zero-order valence-corrected chi connectivity index (χ0v) is 9.95. The summed E-state index contributed by atoms with van der Waals surface area (Å²) in [6.45, 7) is 4.93. The maximum absolute atomic E-state index is 10.6. The Morgan fingerprint density at radius 2 is 2.00 bits per heavy atom. The molecule has 0 radical (unpaired) electrons. The van der Waals surface area contributed by atoms with E-state index in [1.54, 1.807) is 6.08 Å². The van der Waals surface area contributed by atoms with Crippen molar-refractivity contribution in [3.05, 3.63) is 52.7 Å². The molecule has 0 fully saturated rings. The number of ether oxygens (including phenoxy) is 1. The van der Waals surface area contributed by atoms with Crippen molar-refractivity contribution in [2.24, 2.45) is 0 Å². The fourth-order valence-electron chi connectivity index (χ4n) is 0.982. The number of rotatable bonds is 3. The van der Waals surface area contributed by atoms with Crippen LogP contribution in [0.2, 0.25) is 0 Å². The third-order valence-electron chi connectivity index (χ3n) is 1.61. The molecule has 0 bridgehead atoms. The van der Waals surface area contributed by atoms with E-state index in [0.717, 1.165) is 10.0 Å². The first kappa shape index (κ1) is 11.7. The summed E-state index contributed by atoms with van der Waals surface area (Å²) < 4.78 is 5.79. The molecule has 78 valence electrons. The third-order valence-corrected chi connectivity index (χ3v) is 2.14. The summed E-state index contributed by atoms with van der Waals surface area (Å²) in [4.78, 5) is 10.6. The maximum atomic E-state index is 10.6. The lowest BCUT2D eigenvalue weighted by molar-refractivity contribution is -0.136. The van der Waals surface area contributed by atoms with E-state index < -0.39 is 0 Å². The molecule has 0 unspecified atom stereocenters. The van der Waals surface area contributed by atoms with Crippen molar-refractivity contribution >= 4 is 28.0 Å². The molecular formula is C12H11BrO2. The lowest BCUT2D eigenvalue weighted by Crippen LogP contribution is -1.94. The molecule has 0 aliphatic rings. The minimum absolute atomic E-state index is 0.338. The van der Waals surface area contributed by atoms with Crippen LogP contribution in [0.3, 0.4) is 0 Å². The number of carbonyl (C=O) groups is 1. The molecule has 0 aliphatic carbocycles. The molecule has 0 N–H and O–H groups in total. The number of carbonyl (C=O) groups excluding carboxylic acids is 1. The van der Waals surface area contributed by atoms with Crippen LogP contribution in [0.5, 0.6) is 0 Å². The summed E-state index contributed by atoms with van der Waals surface area (Å²) in [7, 11) is 0. The fraction of sp³-hybridized carbons (Fsp3) is 0.0833. The summed E-state index contributed by atoms with van der Waals surface area (Å²) in [6.07, 6.45) is 3.49. The fourth-order valence-corrected chi connectivity index (χ4v) is 1.25. The van der Waals surface area contributed by atoms with E-state index in [-0.39, 0.29) is 5.97 Å². The highest BCUT2D eigenvalue weighted by Gasteiger charge is 1.94. The summed E-state index contributed by atoms with van der Waals surface area (Å²) >= 11 is 3.35. The number of hydrogen-bond acceptors (Lipinski definition) is 2. The molecule has 1 rings (SSSR count). The van der Waals surface area contributed by atoms with Crippen molar-refractivity contribution in [1.82, 2.24) is 0 Å². The Labute approximate surface area is 97.4 Å². The van der Waals surface area contributed by atoms with Gasteiger partial charge in [0.15, 0.2) is 0 Å². The summed E-state index contributed by atoms with van der Waals surface area (Å²) in [5.74, 6) is -0.0223. The van der Waals surface area contributed by atoms with Crippen LogP contribution in [0.25, 0.3) is 6.08 Å². The Balaban J connectivity index is 2.61. The van der Waals surface area contributed by atoms with E-state index in [9.17, 15) is 4.79 Å². The normalized spacial score (nSPS) is 10.3. The van der Waals surface area contributed by atoms with Gasteiger partial charge in [0.1, 0.15) is 5.76 Å². The van der Waals surface area contributed by atoms with Crippen molar-refractivity contribution in [3.8, 4) is 0 Å². The predicted molar refractivity (Wildman–Crippen MR) is 64.1 cm³/mol. The monoisotopic (exact) mass is 266 g/mol. The smallest absolute Gasteiger partial charge is 0.308 e. The minimum atomic E-state index is -0.361. The summed E-state index contributed by atoms with van der Waals surface area (Å²) in [5, 5.41) is 0. The molecule has 1 aromatic carbocycles. The van der Waals surface area contributed by atoms with Gasteiger partial charge in [-0.15, -0.1) is 0 Å². The van der Waals surface area contributed by atoms with Crippen LogP contribution < -0.4 is 0 Å². The van der Waals surface area contributed by atoms with Crippen molar-refractivity contribution in [2.45, 2.75) is 6.92 Å². The molecule has 3 heteroatoms. The number of benzene rings is 1. The lowest BCUT2D eigenvalue weighted by atomic mass is 10.2. The highest BCUT2D eigenvalue weighted by atomic mass is 79.9. The molecule has 1 aromatic rings. The zero-order chi connectivity index (χ0) is 11.3. The average Bonchev–Trinajstić information content (AvgIpc) is 2.16. The standard InChI is InChI=1S/C12H11BrO2/c1-9(15-10(2)14)3-4-11-5-7-12(13)8-6-11/h3-8H,1H2,2H3/b4-3+. The van der Waals surface area contributed by atoms with Gasteiger partial charge in [-0.1, -0.05) is 40.7 Å². The van der Waals surface area contributed by atoms with Gasteiger partial charge in [0.05, 0.1) is 0 Å². The Hall–Kier alpha value is -1.35. The summed E-state index contributed by atoms with van der Waals surface area (Å²) in [6, 6.07) is 7.77. The van der Waals surface area contributed by atoms with Gasteiger partial charge in [-0.05, 0) is 23.8 Å². The SMILES string of the molecule is C=C(/C=C/c1ccc(Br)cc1)OC(C)=O. The zero-order valence-electron chi connectivity index (χ0n) is 8.37. The number of hydrogen-bond donors (Lipinski definition) is 0. The average molecular weight is 267 g/mol. The molecule has 0 saturated carbocycles. The Bertz CT molecular complexity index is 391. The minimum Gasteiger partial charge on any atom is -0.427 e. The second-order valence-corrected chi connectivity index (χ2v) is 3.86. The van der Waals surface area contributed by atoms with Crippen molar-refractivity contribution in [2.75, 3.05) is 0 Å². The van der Waals surface area contributed by atoms with Gasteiger partial charge in [-0.25, -0.2) is 0 Å². The van der Waals surface area contributed by atoms with Crippen molar-refractivity contribution in [1.29, 1.82) is 0 Å². The first-order valence-electron chi connectivity index (χ1n) is 4.39. The van der Waals surface area contributed by atoms with Gasteiger partial charge < -0.3 is 4.74 Å². The van der Waals surface area contributed by atoms with Gasteiger partial charge in [-0.3, -0.25) is 4.79 Å². The van der Waals surface area contributed by atoms with E-state index in [2.05, 4.69) is 22.5 Å². The van der Waals surface area contributed by atoms with Crippen LogP contribution in [0, 0.1) is 0 Å². The molecule has 15 heavy (non-hydrogen) atoms. The highest BCUT2D eigenvalue weighted by Crippen LogP contribution is 2.12. The van der Waals surface area contributed by atoms with Crippen LogP contribution in [0.4, 0.5) is 0 Å². The first-order valence-corrected chi connectivity index (χ1v) is 5.18. The van der Waals surface area contributed by atoms with Gasteiger partial charge in [0, 0.05) is 11.4 Å². The molecule has 0 spiro atoms. The molecular weight excluding hydrogens is 256 g/mol. The predicted octanol–water partition coefficient (Wildman–Crippen LogP) is 3.54. The van der Waals surface area contributed by atoms with E-state index in [1.807, 2.05) is 30.3 Å². The molecule has 0 aromatic heterocycles. The van der Waals surface area contributed by atoms with E-state index in [0.29, 0.717) is 5.76 Å². The quantitative estimate of drug-likeness (QED) is 0.475. The van der Waals surface area contributed by atoms with Crippen LogP contribution in [0.15, 0.2) is 47.2 Å². The van der Waals surface area contributed by atoms with Gasteiger partial charge >= 0.3 is 5.97 Å². The molecule has 0 heterocycles. The Morgan fingerprint density at radius 3 is 2.53 bits per heavy atom. The van der Waals surface area contributed by atoms with E-state index in [4.69, 9.17) is 4.74 Å². The molecule has 0 saturated heterocycles. The number of esters is 1. The van der Waals surface area contributed by atoms with E-state index >= 15 is 0 Å². The van der Waals surface area contributed by atoms with Crippen molar-refractivity contribution in [3.63, 3.8) is 0 Å². The maximum Gasteiger partial charge on any atom is 0.308 e. The topological polar surface area (TPSA) is 26.3 Å². The third kappa shape index (κ3) is 4.61. The van der Waals surface area contributed by atoms with Crippen LogP contribution >= 0.6 is 15.9 Å². The molecule has 0 atom stereocenters. The van der Waals surface area contributed by atoms with Crippen LogP contribution in [-0.2, 0) is 9.53 Å². The second-order valence-electron chi connectivity index (χ2n) is 2.94. The molecule has 0 aliphatic heterocycles. The Kier molecular flexibility index (Phi) is 4.31. The van der Waals surface area contributed by atoms with Gasteiger partial charge in [0.25, 0.3) is 0 Å². The van der Waals surface area contributed by atoms with Gasteiger partial charge in [-0.2, -0.15) is 0 Å². The first-order chi connectivity index (χ1) is 7.08. The number of halogens is 1. The van der Waals surface area contributed by atoms with Crippen LogP contribution in [0.1, 0.15) is 12.5 Å². The second kappa shape index (κ2) is 5.51. The molecule has 0 amide bonds. The van der Waals surface area contributed by atoms with E-state index in [1.165, 1.54) is 6.92 Å². The molecule has 2 nitrogen and oxygen atoms in total. The number of allylic oxidation sites excluding steroid dienone is 1. The van der Waals surface area contributed by atoms with Crippen LogP contribution in [-0.4, -0.2) is 5.97 Å².